The topological polar surface area (TPSA) is 56.8 Å². The summed E-state index contributed by atoms with van der Waals surface area (Å²) in [6.07, 6.45) is 16.8. The molecule has 1 N–H and O–H groups in total. The van der Waals surface area contributed by atoms with Crippen molar-refractivity contribution in [3.8, 4) is 0 Å². The van der Waals surface area contributed by atoms with Crippen LogP contribution in [0.2, 0.25) is 0 Å². The Morgan fingerprint density at radius 2 is 1.65 bits per heavy atom. The van der Waals surface area contributed by atoms with E-state index in [2.05, 4.69) is 56.8 Å². The van der Waals surface area contributed by atoms with E-state index in [0.29, 0.717) is 41.9 Å². The third kappa shape index (κ3) is 4.74. The zero-order valence-electron chi connectivity index (χ0n) is 19.4. The second-order valence-corrected chi connectivity index (χ2v) is 10.0. The molecule has 0 amide bonds. The fourth-order valence-electron chi connectivity index (χ4n) is 6.12. The minimum absolute atomic E-state index is 0.0301. The molecule has 1 saturated heterocycles. The van der Waals surface area contributed by atoms with Crippen LogP contribution in [-0.2, 0) is 19.2 Å². The van der Waals surface area contributed by atoms with Crippen molar-refractivity contribution < 1.29 is 19.2 Å². The summed E-state index contributed by atoms with van der Waals surface area (Å²) in [7, 11) is 0. The number of nitrogens with one attached hydrogen (secondary N) is 1. The molecule has 10 atom stereocenters. The molecule has 1 fully saturated rings. The van der Waals surface area contributed by atoms with Gasteiger partial charge < -0.3 is 4.74 Å². The Hall–Kier alpha value is -1.69. The lowest BCUT2D eigenvalue weighted by Crippen LogP contribution is -2.52. The quantitative estimate of drug-likeness (QED) is 0.439. The number of hydrogen-bond donors (Lipinski definition) is 1. The normalized spacial score (nSPS) is 47.8. The second-order valence-electron chi connectivity index (χ2n) is 10.0. The Morgan fingerprint density at radius 1 is 0.903 bits per heavy atom. The van der Waals surface area contributed by atoms with Crippen molar-refractivity contribution in [1.29, 1.82) is 0 Å². The van der Waals surface area contributed by atoms with E-state index in [0.717, 1.165) is 6.42 Å². The number of rotatable bonds is 0. The predicted molar refractivity (Wildman–Crippen MR) is 120 cm³/mol. The number of cyclic esters (lactones) is 1. The maximum Gasteiger partial charge on any atom is 0.311 e. The first-order valence-electron chi connectivity index (χ1n) is 11.8. The lowest BCUT2D eigenvalue weighted by Gasteiger charge is -2.50. The van der Waals surface area contributed by atoms with Gasteiger partial charge in [0.05, 0.1) is 18.1 Å². The number of carbonyl (C=O) groups excluding carboxylic acids is 1. The molecule has 2 unspecified atom stereocenters. The average molecular weight is 428 g/mol. The van der Waals surface area contributed by atoms with Crippen LogP contribution < -0.4 is 5.64 Å². The van der Waals surface area contributed by atoms with Crippen LogP contribution in [0.5, 0.6) is 0 Å². The van der Waals surface area contributed by atoms with Crippen molar-refractivity contribution >= 4 is 5.97 Å². The summed E-state index contributed by atoms with van der Waals surface area (Å²) < 4.78 is 5.62. The molecule has 2 bridgehead atoms. The summed E-state index contributed by atoms with van der Waals surface area (Å²) in [6.45, 7) is 10.7. The van der Waals surface area contributed by atoms with Gasteiger partial charge in [0.2, 0.25) is 0 Å². The molecule has 170 valence electrons. The van der Waals surface area contributed by atoms with Crippen LogP contribution in [-0.4, -0.2) is 24.3 Å². The zero-order valence-corrected chi connectivity index (χ0v) is 19.4. The van der Waals surface area contributed by atoms with Crippen LogP contribution in [0, 0.1) is 41.4 Å². The molecule has 5 nitrogen and oxygen atoms in total. The molecule has 2 aliphatic heterocycles. The minimum atomic E-state index is -0.370. The second kappa shape index (κ2) is 9.43. The molecule has 0 aromatic heterocycles. The molecule has 2 aliphatic carbocycles. The summed E-state index contributed by atoms with van der Waals surface area (Å²) >= 11 is 0. The Kier molecular flexibility index (Phi) is 6.85. The number of ether oxygens (including phenoxy) is 1. The van der Waals surface area contributed by atoms with Crippen LogP contribution in [0.3, 0.4) is 0 Å². The highest BCUT2D eigenvalue weighted by Gasteiger charge is 2.48. The molecule has 0 aromatic rings. The standard InChI is InChI=1S/C26H37NO4/c1-15-12-17(3)24-20(13-15)10-11-21-16(2)8-6-7-9-18(4)29-26(28)19(5)22-14-23(25(21)24)31-27-30-22/h6-12,16-25,27H,13-14H2,1-5H3/b8-6-,9-7+/t16-,17-,18+,19+,20-,21+,22?,23?,24-,25+/m1/s1. The van der Waals surface area contributed by atoms with Gasteiger partial charge in [-0.3, -0.25) is 14.5 Å². The van der Waals surface area contributed by atoms with E-state index in [1.165, 1.54) is 5.57 Å². The number of carbonyl (C=O) groups is 1. The fraction of sp³-hybridized carbons (Fsp3) is 0.654. The van der Waals surface area contributed by atoms with Crippen molar-refractivity contribution in [2.45, 2.75) is 65.8 Å². The van der Waals surface area contributed by atoms with E-state index in [1.807, 2.05) is 26.0 Å². The third-order valence-electron chi connectivity index (χ3n) is 7.72. The van der Waals surface area contributed by atoms with E-state index < -0.39 is 0 Å². The van der Waals surface area contributed by atoms with E-state index in [1.54, 1.807) is 0 Å². The maximum absolute atomic E-state index is 12.7. The van der Waals surface area contributed by atoms with Crippen molar-refractivity contribution in [3.63, 3.8) is 0 Å². The van der Waals surface area contributed by atoms with E-state index in [4.69, 9.17) is 14.4 Å². The highest BCUT2D eigenvalue weighted by molar-refractivity contribution is 5.73. The van der Waals surface area contributed by atoms with Crippen molar-refractivity contribution in [3.05, 3.63) is 48.1 Å². The zero-order chi connectivity index (χ0) is 22.1. The predicted octanol–water partition coefficient (Wildman–Crippen LogP) is 4.93. The van der Waals surface area contributed by atoms with Gasteiger partial charge in [-0.05, 0) is 68.8 Å². The summed E-state index contributed by atoms with van der Waals surface area (Å²) in [6, 6.07) is 0. The number of esters is 1. The van der Waals surface area contributed by atoms with Gasteiger partial charge >= 0.3 is 5.97 Å². The molecular weight excluding hydrogens is 390 g/mol. The number of hydrogen-bond acceptors (Lipinski definition) is 5. The van der Waals surface area contributed by atoms with Crippen LogP contribution in [0.25, 0.3) is 0 Å². The van der Waals surface area contributed by atoms with Gasteiger partial charge in [-0.1, -0.05) is 61.5 Å². The van der Waals surface area contributed by atoms with Gasteiger partial charge in [0.1, 0.15) is 6.10 Å². The molecule has 2 heterocycles. The number of fused-ring (bicyclic) bond motifs is 6. The monoisotopic (exact) mass is 427 g/mol. The molecule has 0 saturated carbocycles. The summed E-state index contributed by atoms with van der Waals surface area (Å²) in [5.41, 5.74) is 4.19. The highest BCUT2D eigenvalue weighted by atomic mass is 16.9. The van der Waals surface area contributed by atoms with Crippen molar-refractivity contribution in [1.82, 2.24) is 5.64 Å². The Labute approximate surface area is 186 Å². The fourth-order valence-corrected chi connectivity index (χ4v) is 6.12. The first kappa shape index (κ1) is 22.5. The lowest BCUT2D eigenvalue weighted by molar-refractivity contribution is -0.294. The van der Waals surface area contributed by atoms with Gasteiger partial charge in [0, 0.05) is 6.42 Å². The molecule has 31 heavy (non-hydrogen) atoms. The Morgan fingerprint density at radius 3 is 2.45 bits per heavy atom. The first-order valence-corrected chi connectivity index (χ1v) is 11.8. The summed E-state index contributed by atoms with van der Waals surface area (Å²) in [4.78, 5) is 24.4. The van der Waals surface area contributed by atoms with E-state index >= 15 is 0 Å². The van der Waals surface area contributed by atoms with Gasteiger partial charge in [0.25, 0.3) is 0 Å². The van der Waals surface area contributed by atoms with Gasteiger partial charge in [-0.15, -0.1) is 0 Å². The molecule has 0 radical (unpaired) electrons. The molecule has 0 aromatic carbocycles. The lowest BCUT2D eigenvalue weighted by atomic mass is 9.57. The van der Waals surface area contributed by atoms with Gasteiger partial charge in [-0.25, -0.2) is 0 Å². The van der Waals surface area contributed by atoms with Crippen molar-refractivity contribution in [2.75, 3.05) is 0 Å². The van der Waals surface area contributed by atoms with Crippen LogP contribution in [0.15, 0.2) is 48.1 Å². The minimum Gasteiger partial charge on any atom is -0.458 e. The molecule has 0 spiro atoms. The summed E-state index contributed by atoms with van der Waals surface area (Å²) in [5.74, 6) is 1.99. The molecular formula is C26H37NO4. The van der Waals surface area contributed by atoms with Crippen LogP contribution >= 0.6 is 0 Å². The Balaban J connectivity index is 1.72. The highest BCUT2D eigenvalue weighted by Crippen LogP contribution is 2.50. The van der Waals surface area contributed by atoms with Gasteiger partial charge in [-0.2, -0.15) is 0 Å². The molecule has 4 rings (SSSR count). The smallest absolute Gasteiger partial charge is 0.311 e. The van der Waals surface area contributed by atoms with Crippen LogP contribution in [0.4, 0.5) is 0 Å². The van der Waals surface area contributed by atoms with E-state index in [-0.39, 0.29) is 30.2 Å². The Bertz CT molecular complexity index is 784. The molecule has 4 aliphatic rings. The third-order valence-corrected chi connectivity index (χ3v) is 7.72. The number of allylic oxidation sites excluding steroid dienone is 7. The largest absolute Gasteiger partial charge is 0.458 e. The maximum atomic E-state index is 12.7. The van der Waals surface area contributed by atoms with E-state index in [9.17, 15) is 4.79 Å². The van der Waals surface area contributed by atoms with Crippen molar-refractivity contribution in [2.24, 2.45) is 41.4 Å². The average Bonchev–Trinajstić information content (AvgIpc) is 2.74. The molecule has 5 heteroatoms. The summed E-state index contributed by atoms with van der Waals surface area (Å²) in [5, 5.41) is 0. The SMILES string of the molecule is CC1=C[C@@H](C)[C@H]2[C@@H]3C4CC(ONO4)[C@H](C)C(=O)O[C@@H](C)/C=C/C=C\[C@@H](C)[C@@H]3C=C[C@@H]2C1. The first-order chi connectivity index (χ1) is 14.8. The van der Waals surface area contributed by atoms with Gasteiger partial charge in [0.15, 0.2) is 0 Å². The van der Waals surface area contributed by atoms with Crippen LogP contribution in [0.1, 0.15) is 47.5 Å².